The van der Waals surface area contributed by atoms with E-state index in [0.717, 1.165) is 114 Å². The Balaban J connectivity index is 1.08. The molecule has 58 heavy (non-hydrogen) atoms. The number of aromatic amines is 2. The third-order valence-corrected chi connectivity index (χ3v) is 13.2. The maximum Gasteiger partial charge on any atom is 0.307 e. The fourth-order valence-electron chi connectivity index (χ4n) is 9.92. The summed E-state index contributed by atoms with van der Waals surface area (Å²) in [5.41, 5.74) is 8.34. The highest BCUT2D eigenvalue weighted by Crippen LogP contribution is 2.31. The van der Waals surface area contributed by atoms with Gasteiger partial charge in [-0.05, 0) is 153 Å². The number of aromatic nitrogens is 2. The Kier molecular flexibility index (Phi) is 12.3. The lowest BCUT2D eigenvalue weighted by Gasteiger charge is -2.24. The third kappa shape index (κ3) is 9.15. The molecule has 0 radical (unpaired) electrons. The van der Waals surface area contributed by atoms with E-state index in [1.54, 1.807) is 0 Å². The average Bonchev–Trinajstić information content (AvgIpc) is 4.07. The number of carbonyl (C=O) groups is 3. The van der Waals surface area contributed by atoms with Gasteiger partial charge in [-0.25, -0.2) is 0 Å². The van der Waals surface area contributed by atoms with Crippen LogP contribution in [0.4, 0.5) is 0 Å². The molecule has 3 aromatic carbocycles. The van der Waals surface area contributed by atoms with E-state index in [-0.39, 0.29) is 17.8 Å². The summed E-state index contributed by atoms with van der Waals surface area (Å²) >= 11 is 0. The molecule has 0 aliphatic carbocycles. The molecule has 2 aromatic heterocycles. The molecule has 0 spiro atoms. The third-order valence-electron chi connectivity index (χ3n) is 13.2. The maximum atomic E-state index is 12.4. The van der Waals surface area contributed by atoms with Crippen molar-refractivity contribution in [2.45, 2.75) is 58.2 Å². The first-order chi connectivity index (χ1) is 28.2. The van der Waals surface area contributed by atoms with Gasteiger partial charge in [-0.2, -0.15) is 0 Å². The summed E-state index contributed by atoms with van der Waals surface area (Å²) in [4.78, 5) is 46.5. The van der Waals surface area contributed by atoms with E-state index in [1.165, 1.54) is 0 Å². The molecule has 3 saturated heterocycles. The zero-order chi connectivity index (χ0) is 40.2. The molecule has 3 aliphatic heterocycles. The van der Waals surface area contributed by atoms with Gasteiger partial charge >= 0.3 is 17.9 Å². The van der Waals surface area contributed by atoms with Crippen LogP contribution in [0.1, 0.15) is 52.6 Å². The first-order valence-electron chi connectivity index (χ1n) is 21.0. The van der Waals surface area contributed by atoms with Crippen LogP contribution in [-0.2, 0) is 53.3 Å². The van der Waals surface area contributed by atoms with Crippen molar-refractivity contribution in [3.63, 3.8) is 0 Å². The summed E-state index contributed by atoms with van der Waals surface area (Å²) < 4.78 is 0. The summed E-state index contributed by atoms with van der Waals surface area (Å²) in [6, 6.07) is 20.8. The number of fused-ring (bicyclic) bond motifs is 2. The Morgan fingerprint density at radius 3 is 1.36 bits per heavy atom. The topological polar surface area (TPSA) is 183 Å². The number of carboxylic acid groups (broad SMARTS) is 3. The van der Waals surface area contributed by atoms with Gasteiger partial charge in [0, 0.05) is 53.8 Å². The molecule has 5 aromatic rings. The molecule has 8 rings (SSSR count). The van der Waals surface area contributed by atoms with E-state index in [9.17, 15) is 29.7 Å². The lowest BCUT2D eigenvalue weighted by Crippen LogP contribution is -2.27. The van der Waals surface area contributed by atoms with Crippen LogP contribution < -0.4 is 16.0 Å². The fourth-order valence-corrected chi connectivity index (χ4v) is 9.92. The Morgan fingerprint density at radius 1 is 0.552 bits per heavy atom. The van der Waals surface area contributed by atoms with Crippen LogP contribution in [0.5, 0.6) is 0 Å². The van der Waals surface area contributed by atoms with Crippen LogP contribution in [-0.4, -0.2) is 87.4 Å². The van der Waals surface area contributed by atoms with Gasteiger partial charge in [0.05, 0.1) is 17.8 Å². The molecule has 0 amide bonds. The second-order valence-electron chi connectivity index (χ2n) is 17.1. The minimum atomic E-state index is -0.748. The number of aliphatic carboxylic acids is 3. The molecule has 3 aliphatic rings. The first kappa shape index (κ1) is 39.8. The molecule has 12 heteroatoms. The van der Waals surface area contributed by atoms with E-state index < -0.39 is 35.7 Å². The highest BCUT2D eigenvalue weighted by molar-refractivity contribution is 5.85. The maximum absolute atomic E-state index is 12.4. The molecule has 5 heterocycles. The van der Waals surface area contributed by atoms with Crippen molar-refractivity contribution >= 4 is 39.7 Å². The average molecular weight is 789 g/mol. The molecule has 12 nitrogen and oxygen atoms in total. The van der Waals surface area contributed by atoms with Crippen molar-refractivity contribution < 1.29 is 29.7 Å². The van der Waals surface area contributed by atoms with Crippen LogP contribution in [0.3, 0.4) is 0 Å². The van der Waals surface area contributed by atoms with Gasteiger partial charge < -0.3 is 41.2 Å². The van der Waals surface area contributed by atoms with Gasteiger partial charge in [-0.1, -0.05) is 36.4 Å². The quantitative estimate of drug-likeness (QED) is 0.0572. The minimum absolute atomic E-state index is 0.108. The fraction of sp³-hybridized carbons (Fsp3) is 0.457. The Hall–Kier alpha value is -5.01. The Bertz CT molecular complexity index is 2110. The smallest absolute Gasteiger partial charge is 0.307 e. The Morgan fingerprint density at radius 2 is 0.966 bits per heavy atom. The summed E-state index contributed by atoms with van der Waals surface area (Å²) in [6.07, 6.45) is 8.14. The molecule has 0 saturated carbocycles. The molecular formula is C46H56N6O6. The predicted octanol–water partition coefficient (Wildman–Crippen LogP) is 5.41. The van der Waals surface area contributed by atoms with Crippen molar-refractivity contribution in [3.05, 3.63) is 106 Å². The van der Waals surface area contributed by atoms with Crippen LogP contribution in [0, 0.1) is 35.5 Å². The van der Waals surface area contributed by atoms with E-state index >= 15 is 0 Å². The molecule has 306 valence electrons. The summed E-state index contributed by atoms with van der Waals surface area (Å²) in [7, 11) is 0. The Labute approximate surface area is 338 Å². The predicted molar refractivity (Wildman–Crippen MR) is 223 cm³/mol. The lowest BCUT2D eigenvalue weighted by atomic mass is 9.86. The molecule has 6 atom stereocenters. The SMILES string of the molecule is O=C(O)C(Cc1cccc(CN(Cc2c[nH]c3ccc(CC(C(=O)O)C4CCNC4)cc23)Cc2c[nH]c3ccc(CC(C(=O)O)C4CCNC4)cc23)c1)C1CCNC1. The molecule has 0 bridgehead atoms. The molecule has 3 fully saturated rings. The zero-order valence-electron chi connectivity index (χ0n) is 33.0. The van der Waals surface area contributed by atoms with Crippen molar-refractivity contribution in [2.24, 2.45) is 35.5 Å². The highest BCUT2D eigenvalue weighted by atomic mass is 16.4. The summed E-state index contributed by atoms with van der Waals surface area (Å²) in [5.74, 6) is -3.26. The van der Waals surface area contributed by atoms with E-state index in [2.05, 4.69) is 79.6 Å². The summed E-state index contributed by atoms with van der Waals surface area (Å²) in [5, 5.41) is 42.6. The molecular weight excluding hydrogens is 733 g/mol. The van der Waals surface area contributed by atoms with Crippen molar-refractivity contribution in [1.82, 2.24) is 30.8 Å². The van der Waals surface area contributed by atoms with Crippen molar-refractivity contribution in [1.29, 1.82) is 0 Å². The highest BCUT2D eigenvalue weighted by Gasteiger charge is 2.33. The van der Waals surface area contributed by atoms with Gasteiger partial charge in [-0.3, -0.25) is 19.3 Å². The largest absolute Gasteiger partial charge is 0.481 e. The van der Waals surface area contributed by atoms with E-state index in [4.69, 9.17) is 0 Å². The van der Waals surface area contributed by atoms with Gasteiger partial charge in [-0.15, -0.1) is 0 Å². The molecule has 8 N–H and O–H groups in total. The standard InChI is InChI=1S/C46H56N6O6/c53-44(54)39(32-8-11-47-20-32)17-28-2-1-3-31(14-28)25-52(26-35-23-50-42-6-4-29(15-37(35)42)18-40(45(55)56)33-9-12-48-21-33)27-36-24-51-43-7-5-30(16-38(36)43)19-41(46(57)58)34-10-13-49-22-34/h1-7,14-16,23-24,32-34,39-41,47-51H,8-13,17-22,25-27H2,(H,53,54)(H,55,56)(H,57,58). The van der Waals surface area contributed by atoms with E-state index in [0.29, 0.717) is 38.9 Å². The number of nitrogens with one attached hydrogen (secondary N) is 5. The first-order valence-corrected chi connectivity index (χ1v) is 21.0. The van der Waals surface area contributed by atoms with Gasteiger partial charge in [0.25, 0.3) is 0 Å². The lowest BCUT2D eigenvalue weighted by molar-refractivity contribution is -0.144. The number of benzene rings is 3. The number of carboxylic acids is 3. The zero-order valence-corrected chi connectivity index (χ0v) is 33.0. The van der Waals surface area contributed by atoms with Crippen LogP contribution >= 0.6 is 0 Å². The van der Waals surface area contributed by atoms with Gasteiger partial charge in [0.15, 0.2) is 0 Å². The summed E-state index contributed by atoms with van der Waals surface area (Å²) in [6.45, 7) is 6.57. The van der Waals surface area contributed by atoms with E-state index in [1.807, 2.05) is 24.3 Å². The van der Waals surface area contributed by atoms with Crippen molar-refractivity contribution in [2.75, 3.05) is 39.3 Å². The number of hydrogen-bond donors (Lipinski definition) is 8. The van der Waals surface area contributed by atoms with Crippen LogP contribution in [0.15, 0.2) is 73.1 Å². The number of H-pyrrole nitrogens is 2. The number of hydrogen-bond acceptors (Lipinski definition) is 7. The van der Waals surface area contributed by atoms with Gasteiger partial charge in [0.2, 0.25) is 0 Å². The molecule has 6 unspecified atom stereocenters. The monoisotopic (exact) mass is 788 g/mol. The van der Waals surface area contributed by atoms with Crippen LogP contribution in [0.2, 0.25) is 0 Å². The second kappa shape index (κ2) is 17.9. The van der Waals surface area contributed by atoms with Crippen LogP contribution in [0.25, 0.3) is 21.8 Å². The minimum Gasteiger partial charge on any atom is -0.481 e. The normalized spacial score (nSPS) is 21.2. The number of rotatable bonds is 18. The second-order valence-corrected chi connectivity index (χ2v) is 17.1. The van der Waals surface area contributed by atoms with Gasteiger partial charge in [0.1, 0.15) is 0 Å². The number of nitrogens with zero attached hydrogens (tertiary/aromatic N) is 1. The van der Waals surface area contributed by atoms with Crippen molar-refractivity contribution in [3.8, 4) is 0 Å².